The lowest BCUT2D eigenvalue weighted by atomic mass is 9.68. The summed E-state index contributed by atoms with van der Waals surface area (Å²) in [6, 6.07) is 6.98. The maximum atomic E-state index is 12.4. The lowest BCUT2D eigenvalue weighted by Crippen LogP contribution is -2.68. The van der Waals surface area contributed by atoms with Gasteiger partial charge >= 0.3 is 0 Å². The summed E-state index contributed by atoms with van der Waals surface area (Å²) in [5.74, 6) is 0.689. The third kappa shape index (κ3) is 1.75. The molecule has 1 saturated heterocycles. The van der Waals surface area contributed by atoms with Crippen molar-refractivity contribution in [1.82, 2.24) is 0 Å². The van der Waals surface area contributed by atoms with E-state index in [9.17, 15) is 14.7 Å². The fraction of sp³-hybridized carbons (Fsp3) is 0.412. The van der Waals surface area contributed by atoms with Gasteiger partial charge in [0.15, 0.2) is 5.78 Å². The Bertz CT molecular complexity index is 678. The minimum absolute atomic E-state index is 0.0348. The van der Waals surface area contributed by atoms with E-state index in [-0.39, 0.29) is 29.6 Å². The van der Waals surface area contributed by atoms with Gasteiger partial charge in [-0.15, -0.1) is 0 Å². The Kier molecular flexibility index (Phi) is 2.87. The maximum Gasteiger partial charge on any atom is 0.232 e. The molecule has 1 aliphatic heterocycles. The zero-order valence-corrected chi connectivity index (χ0v) is 12.2. The number of methoxy groups -OCH3 is 1. The van der Waals surface area contributed by atoms with Crippen LogP contribution in [0.25, 0.3) is 0 Å². The summed E-state index contributed by atoms with van der Waals surface area (Å²) in [5, 5.41) is 10.6. The number of anilines is 1. The quantitative estimate of drug-likeness (QED) is 0.836. The van der Waals surface area contributed by atoms with E-state index in [0.717, 1.165) is 17.0 Å². The summed E-state index contributed by atoms with van der Waals surface area (Å²) in [4.78, 5) is 25.7. The number of hydrogen-bond acceptors (Lipinski definition) is 4. The van der Waals surface area contributed by atoms with Gasteiger partial charge < -0.3 is 14.7 Å². The number of allylic oxidation sites excluding steroid dienone is 1. The summed E-state index contributed by atoms with van der Waals surface area (Å²) in [5.41, 5.74) is 1.56. The molecule has 1 saturated carbocycles. The van der Waals surface area contributed by atoms with Crippen molar-refractivity contribution in [3.05, 3.63) is 35.9 Å². The van der Waals surface area contributed by atoms with Crippen LogP contribution in [0.1, 0.15) is 12.8 Å². The molecule has 1 aromatic rings. The van der Waals surface area contributed by atoms with E-state index < -0.39 is 6.10 Å². The van der Waals surface area contributed by atoms with Crippen LogP contribution >= 0.6 is 0 Å². The van der Waals surface area contributed by atoms with E-state index in [0.29, 0.717) is 12.8 Å². The zero-order valence-electron chi connectivity index (χ0n) is 12.2. The van der Waals surface area contributed by atoms with Gasteiger partial charge in [-0.25, -0.2) is 0 Å². The number of aliphatic hydroxyl groups excluding tert-OH is 1. The summed E-state index contributed by atoms with van der Waals surface area (Å²) in [6.07, 6.45) is 1.94. The van der Waals surface area contributed by atoms with Crippen molar-refractivity contribution >= 4 is 17.4 Å². The molecule has 0 unspecified atom stereocenters. The number of aliphatic hydroxyl groups is 1. The van der Waals surface area contributed by atoms with Crippen molar-refractivity contribution in [1.29, 1.82) is 0 Å². The van der Waals surface area contributed by atoms with Gasteiger partial charge in [-0.3, -0.25) is 9.59 Å². The highest BCUT2D eigenvalue weighted by molar-refractivity contribution is 6.04. The molecule has 1 N–H and O–H groups in total. The molecule has 4 atom stereocenters. The van der Waals surface area contributed by atoms with Crippen LogP contribution in [0, 0.1) is 11.8 Å². The molecule has 0 spiro atoms. The van der Waals surface area contributed by atoms with Gasteiger partial charge in [0.05, 0.1) is 25.2 Å². The van der Waals surface area contributed by atoms with Gasteiger partial charge in [0.1, 0.15) is 5.75 Å². The molecule has 2 aliphatic carbocycles. The highest BCUT2D eigenvalue weighted by atomic mass is 16.5. The zero-order chi connectivity index (χ0) is 15.4. The number of amides is 1. The predicted octanol–water partition coefficient (Wildman–Crippen LogP) is 1.31. The number of carbonyl (C=O) groups is 2. The molecule has 0 aromatic heterocycles. The van der Waals surface area contributed by atoms with Crippen molar-refractivity contribution < 1.29 is 19.4 Å². The molecular formula is C17H17NO4. The standard InChI is InChI=1S/C17H17NO4/c1-22-12-4-2-10(3-5-12)18-15-14(17(18)21)7-9-6-11(19)8-13(9)16(15)20/h2-5,8-9,14-16,20H,6-7H2,1H3/t9-,14+,15+,16+/m1/s1. The fourth-order valence-electron chi connectivity index (χ4n) is 3.99. The topological polar surface area (TPSA) is 66.8 Å². The number of ketones is 1. The first kappa shape index (κ1) is 13.5. The van der Waals surface area contributed by atoms with Gasteiger partial charge in [-0.05, 0) is 48.3 Å². The van der Waals surface area contributed by atoms with Gasteiger partial charge in [0.2, 0.25) is 5.91 Å². The van der Waals surface area contributed by atoms with Gasteiger partial charge in [0.25, 0.3) is 0 Å². The van der Waals surface area contributed by atoms with Crippen molar-refractivity contribution in [3.63, 3.8) is 0 Å². The number of nitrogens with zero attached hydrogens (tertiary/aromatic N) is 1. The Morgan fingerprint density at radius 3 is 2.64 bits per heavy atom. The number of β-lactam (4-membered cyclic amide) rings is 1. The second-order valence-electron chi connectivity index (χ2n) is 6.20. The third-order valence-electron chi connectivity index (χ3n) is 5.07. The normalized spacial score (nSPS) is 33.0. The van der Waals surface area contributed by atoms with Gasteiger partial charge in [0, 0.05) is 12.1 Å². The molecule has 5 nitrogen and oxygen atoms in total. The van der Waals surface area contributed by atoms with Crippen molar-refractivity contribution in [2.24, 2.45) is 11.8 Å². The largest absolute Gasteiger partial charge is 0.497 e. The highest BCUT2D eigenvalue weighted by Crippen LogP contribution is 2.48. The molecule has 0 bridgehead atoms. The number of fused-ring (bicyclic) bond motifs is 2. The molecule has 22 heavy (non-hydrogen) atoms. The predicted molar refractivity (Wildman–Crippen MR) is 79.6 cm³/mol. The first-order valence-electron chi connectivity index (χ1n) is 7.49. The molecule has 114 valence electrons. The Balaban J connectivity index is 1.64. The van der Waals surface area contributed by atoms with Crippen LogP contribution in [0.15, 0.2) is 35.9 Å². The Hall–Kier alpha value is -2.14. The highest BCUT2D eigenvalue weighted by Gasteiger charge is 2.57. The average molecular weight is 299 g/mol. The first-order valence-corrected chi connectivity index (χ1v) is 7.49. The second kappa shape index (κ2) is 4.68. The summed E-state index contributed by atoms with van der Waals surface area (Å²) in [6.45, 7) is 0. The molecule has 3 aliphatic rings. The van der Waals surface area contributed by atoms with Gasteiger partial charge in [-0.1, -0.05) is 0 Å². The maximum absolute atomic E-state index is 12.4. The van der Waals surface area contributed by atoms with Gasteiger partial charge in [-0.2, -0.15) is 0 Å². The minimum Gasteiger partial charge on any atom is -0.497 e. The Morgan fingerprint density at radius 1 is 1.23 bits per heavy atom. The lowest BCUT2D eigenvalue weighted by molar-refractivity contribution is -0.135. The summed E-state index contributed by atoms with van der Waals surface area (Å²) in [7, 11) is 1.59. The van der Waals surface area contributed by atoms with Crippen LogP contribution in [0.3, 0.4) is 0 Å². The molecule has 2 fully saturated rings. The Labute approximate surface area is 128 Å². The number of ether oxygens (including phenoxy) is 1. The molecule has 1 amide bonds. The van der Waals surface area contributed by atoms with E-state index >= 15 is 0 Å². The molecule has 0 radical (unpaired) electrons. The van der Waals surface area contributed by atoms with E-state index in [1.54, 1.807) is 30.2 Å². The van der Waals surface area contributed by atoms with Crippen molar-refractivity contribution in [2.45, 2.75) is 25.0 Å². The van der Waals surface area contributed by atoms with Crippen LogP contribution in [0.5, 0.6) is 5.75 Å². The van der Waals surface area contributed by atoms with E-state index in [2.05, 4.69) is 0 Å². The third-order valence-corrected chi connectivity index (χ3v) is 5.07. The van der Waals surface area contributed by atoms with Crippen molar-refractivity contribution in [2.75, 3.05) is 12.0 Å². The Morgan fingerprint density at radius 2 is 1.95 bits per heavy atom. The van der Waals surface area contributed by atoms with Crippen LogP contribution in [0.4, 0.5) is 5.69 Å². The smallest absolute Gasteiger partial charge is 0.232 e. The molecule has 4 rings (SSSR count). The summed E-state index contributed by atoms with van der Waals surface area (Å²) >= 11 is 0. The fourth-order valence-corrected chi connectivity index (χ4v) is 3.99. The molecular weight excluding hydrogens is 282 g/mol. The van der Waals surface area contributed by atoms with E-state index in [1.807, 2.05) is 12.1 Å². The SMILES string of the molecule is COc1ccc(N2C(=O)[C@H]3C[C@H]4CC(=O)C=C4[C@H](O)[C@H]32)cc1. The number of hydrogen-bond donors (Lipinski definition) is 1. The summed E-state index contributed by atoms with van der Waals surface area (Å²) < 4.78 is 5.12. The number of carbonyl (C=O) groups excluding carboxylic acids is 2. The van der Waals surface area contributed by atoms with Crippen LogP contribution in [0.2, 0.25) is 0 Å². The monoisotopic (exact) mass is 299 g/mol. The lowest BCUT2D eigenvalue weighted by Gasteiger charge is -2.53. The molecule has 1 heterocycles. The van der Waals surface area contributed by atoms with Crippen LogP contribution in [-0.4, -0.2) is 36.1 Å². The molecule has 5 heteroatoms. The molecule has 1 aromatic carbocycles. The first-order chi connectivity index (χ1) is 10.6. The van der Waals surface area contributed by atoms with Crippen LogP contribution in [-0.2, 0) is 9.59 Å². The second-order valence-corrected chi connectivity index (χ2v) is 6.20. The van der Waals surface area contributed by atoms with E-state index in [1.165, 1.54) is 0 Å². The minimum atomic E-state index is -0.741. The van der Waals surface area contributed by atoms with Crippen LogP contribution < -0.4 is 9.64 Å². The number of benzene rings is 1. The van der Waals surface area contributed by atoms with E-state index in [4.69, 9.17) is 4.74 Å². The van der Waals surface area contributed by atoms with Crippen molar-refractivity contribution in [3.8, 4) is 5.75 Å². The average Bonchev–Trinajstić information content (AvgIpc) is 2.90. The number of rotatable bonds is 2.